The van der Waals surface area contributed by atoms with Crippen LogP contribution in [0.3, 0.4) is 0 Å². The van der Waals surface area contributed by atoms with Crippen molar-refractivity contribution in [2.45, 2.75) is 6.04 Å². The lowest BCUT2D eigenvalue weighted by Gasteiger charge is -2.25. The maximum Gasteiger partial charge on any atom is 0.196 e. The number of rotatable bonds is 2. The van der Waals surface area contributed by atoms with Gasteiger partial charge in [0.05, 0.1) is 23.5 Å². The van der Waals surface area contributed by atoms with Gasteiger partial charge in [-0.15, -0.1) is 11.3 Å². The monoisotopic (exact) mass is 312 g/mol. The zero-order valence-corrected chi connectivity index (χ0v) is 12.1. The maximum atomic E-state index is 6.23. The molecule has 7 heteroatoms. The molecule has 1 aliphatic rings. The first-order chi connectivity index (χ1) is 9.16. The van der Waals surface area contributed by atoms with Crippen LogP contribution in [0, 0.1) is 0 Å². The van der Waals surface area contributed by atoms with Crippen LogP contribution in [0.25, 0.3) is 0 Å². The maximum absolute atomic E-state index is 6.23. The van der Waals surface area contributed by atoms with E-state index in [0.29, 0.717) is 21.9 Å². The Balaban J connectivity index is 2.02. The third-order valence-corrected chi connectivity index (χ3v) is 4.41. The summed E-state index contributed by atoms with van der Waals surface area (Å²) in [6, 6.07) is 7.49. The molecule has 2 N–H and O–H groups in total. The predicted molar refractivity (Wildman–Crippen MR) is 80.3 cm³/mol. The fourth-order valence-corrected chi connectivity index (χ4v) is 3.28. The van der Waals surface area contributed by atoms with Gasteiger partial charge in [-0.1, -0.05) is 35.3 Å². The van der Waals surface area contributed by atoms with Gasteiger partial charge in [-0.2, -0.15) is 0 Å². The molecule has 4 nitrogen and oxygen atoms in total. The van der Waals surface area contributed by atoms with Gasteiger partial charge in [0.2, 0.25) is 0 Å². The van der Waals surface area contributed by atoms with Crippen LogP contribution in [-0.2, 0) is 0 Å². The van der Waals surface area contributed by atoms with Crippen molar-refractivity contribution in [3.8, 4) is 0 Å². The average Bonchev–Trinajstić information content (AvgIpc) is 2.96. The zero-order chi connectivity index (χ0) is 13.4. The number of thiazole rings is 1. The minimum Gasteiger partial charge on any atom is -0.369 e. The minimum atomic E-state index is -0.0441. The van der Waals surface area contributed by atoms with E-state index >= 15 is 0 Å². The first-order valence-corrected chi connectivity index (χ1v) is 7.19. The molecule has 0 saturated heterocycles. The molecular weight excluding hydrogens is 303 g/mol. The number of aromatic nitrogens is 1. The van der Waals surface area contributed by atoms with E-state index in [0.717, 1.165) is 10.7 Å². The quantitative estimate of drug-likeness (QED) is 0.925. The van der Waals surface area contributed by atoms with Gasteiger partial charge in [0.1, 0.15) is 15.4 Å². The van der Waals surface area contributed by atoms with Crippen LogP contribution in [0.15, 0.2) is 35.5 Å². The minimum absolute atomic E-state index is 0.0441. The van der Waals surface area contributed by atoms with Crippen molar-refractivity contribution in [1.29, 1.82) is 0 Å². The predicted octanol–water partition coefficient (Wildman–Crippen LogP) is 3.33. The summed E-state index contributed by atoms with van der Waals surface area (Å²) >= 11 is 13.6. The number of halogens is 2. The summed E-state index contributed by atoms with van der Waals surface area (Å²) in [5, 5.41) is 1.52. The molecule has 0 bridgehead atoms. The Morgan fingerprint density at radius 1 is 1.32 bits per heavy atom. The molecule has 2 heterocycles. The SMILES string of the molecule is NC1=NCC(c2ncc(Cl)s2)N1c1ccccc1Cl. The van der Waals surface area contributed by atoms with Crippen molar-refractivity contribution in [3.05, 3.63) is 44.8 Å². The fourth-order valence-electron chi connectivity index (χ4n) is 2.05. The molecule has 0 radical (unpaired) electrons. The molecule has 1 aromatic heterocycles. The van der Waals surface area contributed by atoms with Crippen molar-refractivity contribution < 1.29 is 0 Å². The number of nitrogens with two attached hydrogens (primary N) is 1. The van der Waals surface area contributed by atoms with Crippen molar-refractivity contribution in [1.82, 2.24) is 4.98 Å². The van der Waals surface area contributed by atoms with Gasteiger partial charge in [-0.05, 0) is 12.1 Å². The standard InChI is InChI=1S/C12H10Cl2N4S/c13-7-3-1-2-4-8(7)18-9(5-17-12(18)15)11-16-6-10(14)19-11/h1-4,6,9H,5H2,(H2,15,17). The number of guanidine groups is 1. The Labute approximate surface area is 124 Å². The molecule has 1 aromatic carbocycles. The van der Waals surface area contributed by atoms with E-state index in [1.807, 2.05) is 29.2 Å². The van der Waals surface area contributed by atoms with Crippen LogP contribution in [0.1, 0.15) is 11.0 Å². The number of para-hydroxylation sites is 1. The van der Waals surface area contributed by atoms with Crippen molar-refractivity contribution >= 4 is 46.2 Å². The smallest absolute Gasteiger partial charge is 0.196 e. The van der Waals surface area contributed by atoms with Gasteiger partial charge in [0.25, 0.3) is 0 Å². The third kappa shape index (κ3) is 2.29. The van der Waals surface area contributed by atoms with Crippen LogP contribution >= 0.6 is 34.5 Å². The largest absolute Gasteiger partial charge is 0.369 e. The third-order valence-electron chi connectivity index (χ3n) is 2.88. The number of nitrogens with zero attached hydrogens (tertiary/aromatic N) is 3. The second-order valence-corrected chi connectivity index (χ2v) is 6.14. The molecular formula is C12H10Cl2N4S. The lowest BCUT2D eigenvalue weighted by Crippen LogP contribution is -2.36. The molecule has 0 aliphatic carbocycles. The van der Waals surface area contributed by atoms with Crippen LogP contribution in [-0.4, -0.2) is 17.5 Å². The van der Waals surface area contributed by atoms with Gasteiger partial charge in [-0.25, -0.2) is 4.98 Å². The molecule has 0 spiro atoms. The Hall–Kier alpha value is -1.30. The van der Waals surface area contributed by atoms with Gasteiger partial charge < -0.3 is 5.73 Å². The second-order valence-electron chi connectivity index (χ2n) is 4.04. The molecule has 0 saturated carbocycles. The normalized spacial score (nSPS) is 18.7. The highest BCUT2D eigenvalue weighted by molar-refractivity contribution is 7.15. The lowest BCUT2D eigenvalue weighted by molar-refractivity contribution is 0.760. The number of anilines is 1. The molecule has 0 fully saturated rings. The van der Waals surface area contributed by atoms with Gasteiger partial charge >= 0.3 is 0 Å². The Kier molecular flexibility index (Phi) is 3.35. The topological polar surface area (TPSA) is 54.5 Å². The van der Waals surface area contributed by atoms with Gasteiger partial charge in [0.15, 0.2) is 5.96 Å². The molecule has 19 heavy (non-hydrogen) atoms. The van der Waals surface area contributed by atoms with E-state index in [1.54, 1.807) is 6.20 Å². The molecule has 1 aliphatic heterocycles. The Bertz CT molecular complexity index is 640. The van der Waals surface area contributed by atoms with E-state index < -0.39 is 0 Å². The van der Waals surface area contributed by atoms with Crippen LogP contribution in [0.4, 0.5) is 5.69 Å². The number of aliphatic imine (C=N–C) groups is 1. The van der Waals surface area contributed by atoms with E-state index in [-0.39, 0.29) is 6.04 Å². The van der Waals surface area contributed by atoms with Crippen molar-refractivity contribution in [2.24, 2.45) is 10.7 Å². The highest BCUT2D eigenvalue weighted by atomic mass is 35.5. The Morgan fingerprint density at radius 3 is 2.79 bits per heavy atom. The highest BCUT2D eigenvalue weighted by Gasteiger charge is 2.32. The lowest BCUT2D eigenvalue weighted by atomic mass is 10.2. The number of hydrogen-bond acceptors (Lipinski definition) is 5. The fraction of sp³-hybridized carbons (Fsp3) is 0.167. The molecule has 98 valence electrons. The summed E-state index contributed by atoms with van der Waals surface area (Å²) in [6.45, 7) is 0.556. The van der Waals surface area contributed by atoms with E-state index in [9.17, 15) is 0 Å². The summed E-state index contributed by atoms with van der Waals surface area (Å²) in [6.07, 6.45) is 1.64. The summed E-state index contributed by atoms with van der Waals surface area (Å²) in [7, 11) is 0. The van der Waals surface area contributed by atoms with Gasteiger partial charge in [0, 0.05) is 0 Å². The molecule has 1 atom stereocenters. The van der Waals surface area contributed by atoms with E-state index in [2.05, 4.69) is 9.98 Å². The van der Waals surface area contributed by atoms with Crippen molar-refractivity contribution in [2.75, 3.05) is 11.4 Å². The van der Waals surface area contributed by atoms with Crippen LogP contribution < -0.4 is 10.6 Å². The highest BCUT2D eigenvalue weighted by Crippen LogP contribution is 2.37. The Morgan fingerprint density at radius 2 is 2.11 bits per heavy atom. The molecule has 0 amide bonds. The van der Waals surface area contributed by atoms with Crippen molar-refractivity contribution in [3.63, 3.8) is 0 Å². The van der Waals surface area contributed by atoms with Gasteiger partial charge in [-0.3, -0.25) is 9.89 Å². The van der Waals surface area contributed by atoms with E-state index in [4.69, 9.17) is 28.9 Å². The van der Waals surface area contributed by atoms with Crippen LogP contribution in [0.5, 0.6) is 0 Å². The first-order valence-electron chi connectivity index (χ1n) is 5.61. The van der Waals surface area contributed by atoms with E-state index in [1.165, 1.54) is 11.3 Å². The number of hydrogen-bond donors (Lipinski definition) is 1. The molecule has 1 unspecified atom stereocenters. The summed E-state index contributed by atoms with van der Waals surface area (Å²) in [4.78, 5) is 10.5. The number of benzene rings is 1. The summed E-state index contributed by atoms with van der Waals surface area (Å²) < 4.78 is 0.652. The molecule has 3 rings (SSSR count). The van der Waals surface area contributed by atoms with Crippen LogP contribution in [0.2, 0.25) is 9.36 Å². The molecule has 2 aromatic rings. The first kappa shape index (κ1) is 12.7. The summed E-state index contributed by atoms with van der Waals surface area (Å²) in [5.74, 6) is 0.449. The summed E-state index contributed by atoms with van der Waals surface area (Å²) in [5.41, 5.74) is 6.81. The zero-order valence-electron chi connectivity index (χ0n) is 9.75. The average molecular weight is 313 g/mol. The second kappa shape index (κ2) is 5.00.